The fourth-order valence-electron chi connectivity index (χ4n) is 3.31. The summed E-state index contributed by atoms with van der Waals surface area (Å²) in [5.74, 6) is -0.616. The van der Waals surface area contributed by atoms with E-state index in [1.165, 1.54) is 6.08 Å². The lowest BCUT2D eigenvalue weighted by Gasteiger charge is -2.25. The molecule has 9 heteroatoms. The molecular formula is C26H32N4O5. The minimum atomic E-state index is -0.616. The van der Waals surface area contributed by atoms with E-state index in [-0.39, 0.29) is 11.8 Å². The Bertz CT molecular complexity index is 1070. The van der Waals surface area contributed by atoms with Gasteiger partial charge in [-0.2, -0.15) is 0 Å². The lowest BCUT2D eigenvalue weighted by molar-refractivity contribution is -0.111. The minimum absolute atomic E-state index is 0.267. The second-order valence-electron chi connectivity index (χ2n) is 9.05. The molecule has 2 aromatic rings. The summed E-state index contributed by atoms with van der Waals surface area (Å²) in [6, 6.07) is 13.4. The van der Waals surface area contributed by atoms with E-state index in [0.29, 0.717) is 42.4 Å². The van der Waals surface area contributed by atoms with Crippen molar-refractivity contribution in [1.82, 2.24) is 4.90 Å². The van der Waals surface area contributed by atoms with Crippen molar-refractivity contribution in [2.45, 2.75) is 26.4 Å². The number of ether oxygens (including phenoxy) is 2. The molecule has 0 aliphatic carbocycles. The maximum Gasteiger partial charge on any atom is 0.412 e. The number of carbonyl (C=O) groups excluding carboxylic acids is 3. The number of anilines is 3. The molecule has 0 unspecified atom stereocenters. The van der Waals surface area contributed by atoms with Gasteiger partial charge in [0, 0.05) is 48.3 Å². The van der Waals surface area contributed by atoms with E-state index in [1.54, 1.807) is 69.3 Å². The standard InChI is InChI=1S/C26H32N4O5/c1-26(2,3)35-25(33)29-22-10-5-9-21(18-22)28-24(32)19-7-4-8-20(17-19)27-23(31)11-6-12-30-13-15-34-16-14-30/h4-11,17-18H,12-16H2,1-3H3,(H,27,31)(H,28,32)(H,29,33)/b11-6+. The summed E-state index contributed by atoms with van der Waals surface area (Å²) < 4.78 is 10.6. The van der Waals surface area contributed by atoms with E-state index in [0.717, 1.165) is 13.1 Å². The number of nitrogens with zero attached hydrogens (tertiary/aromatic N) is 1. The molecule has 2 aromatic carbocycles. The molecule has 0 spiro atoms. The number of nitrogens with one attached hydrogen (secondary N) is 3. The van der Waals surface area contributed by atoms with E-state index in [2.05, 4.69) is 20.9 Å². The van der Waals surface area contributed by atoms with Crippen molar-refractivity contribution in [2.75, 3.05) is 48.8 Å². The molecule has 186 valence electrons. The molecule has 3 N–H and O–H groups in total. The molecule has 35 heavy (non-hydrogen) atoms. The highest BCUT2D eigenvalue weighted by Crippen LogP contribution is 2.18. The summed E-state index contributed by atoms with van der Waals surface area (Å²) in [6.45, 7) is 9.14. The fourth-order valence-corrected chi connectivity index (χ4v) is 3.31. The molecule has 1 aliphatic heterocycles. The molecule has 3 rings (SSSR count). The van der Waals surface area contributed by atoms with Crippen LogP contribution in [0.15, 0.2) is 60.7 Å². The molecule has 3 amide bonds. The third-order valence-corrected chi connectivity index (χ3v) is 4.89. The van der Waals surface area contributed by atoms with Crippen LogP contribution in [0.1, 0.15) is 31.1 Å². The Labute approximate surface area is 205 Å². The number of hydrogen-bond donors (Lipinski definition) is 3. The quantitative estimate of drug-likeness (QED) is 0.515. The van der Waals surface area contributed by atoms with Crippen molar-refractivity contribution < 1.29 is 23.9 Å². The van der Waals surface area contributed by atoms with Crippen LogP contribution in [0.2, 0.25) is 0 Å². The minimum Gasteiger partial charge on any atom is -0.444 e. The van der Waals surface area contributed by atoms with Crippen LogP contribution in [-0.2, 0) is 14.3 Å². The van der Waals surface area contributed by atoms with Crippen molar-refractivity contribution in [1.29, 1.82) is 0 Å². The Morgan fingerprint density at radius 1 is 0.943 bits per heavy atom. The van der Waals surface area contributed by atoms with Gasteiger partial charge in [0.1, 0.15) is 5.60 Å². The topological polar surface area (TPSA) is 109 Å². The summed E-state index contributed by atoms with van der Waals surface area (Å²) in [5.41, 5.74) is 1.27. The first-order valence-electron chi connectivity index (χ1n) is 11.5. The van der Waals surface area contributed by atoms with Crippen LogP contribution in [0.5, 0.6) is 0 Å². The molecule has 0 radical (unpaired) electrons. The SMILES string of the molecule is CC(C)(C)OC(=O)Nc1cccc(NC(=O)c2cccc(NC(=O)/C=C/CN3CCOCC3)c2)c1. The Kier molecular flexibility index (Phi) is 8.99. The molecule has 1 saturated heterocycles. The Morgan fingerprint density at radius 2 is 1.57 bits per heavy atom. The van der Waals surface area contributed by atoms with Gasteiger partial charge in [-0.15, -0.1) is 0 Å². The van der Waals surface area contributed by atoms with Gasteiger partial charge in [-0.3, -0.25) is 19.8 Å². The predicted octanol–water partition coefficient (Wildman–Crippen LogP) is 4.11. The highest BCUT2D eigenvalue weighted by molar-refractivity contribution is 6.06. The van der Waals surface area contributed by atoms with Crippen molar-refractivity contribution >= 4 is 35.0 Å². The van der Waals surface area contributed by atoms with Crippen LogP contribution in [0.3, 0.4) is 0 Å². The van der Waals surface area contributed by atoms with Crippen LogP contribution < -0.4 is 16.0 Å². The van der Waals surface area contributed by atoms with Crippen LogP contribution >= 0.6 is 0 Å². The maximum absolute atomic E-state index is 12.8. The van der Waals surface area contributed by atoms with Crippen LogP contribution in [0.25, 0.3) is 0 Å². The number of carbonyl (C=O) groups is 3. The van der Waals surface area contributed by atoms with Crippen molar-refractivity contribution in [3.05, 3.63) is 66.2 Å². The van der Waals surface area contributed by atoms with Gasteiger partial charge in [0.05, 0.1) is 13.2 Å². The van der Waals surface area contributed by atoms with E-state index < -0.39 is 11.7 Å². The molecule has 1 heterocycles. The Morgan fingerprint density at radius 3 is 2.26 bits per heavy atom. The van der Waals surface area contributed by atoms with Gasteiger partial charge >= 0.3 is 6.09 Å². The zero-order valence-electron chi connectivity index (χ0n) is 20.3. The number of amides is 3. The summed E-state index contributed by atoms with van der Waals surface area (Å²) in [4.78, 5) is 39.2. The van der Waals surface area contributed by atoms with Crippen LogP contribution in [0, 0.1) is 0 Å². The van der Waals surface area contributed by atoms with Gasteiger partial charge < -0.3 is 20.1 Å². The van der Waals surface area contributed by atoms with Crippen molar-refractivity contribution in [3.63, 3.8) is 0 Å². The number of hydrogen-bond acceptors (Lipinski definition) is 6. The molecule has 0 aromatic heterocycles. The smallest absolute Gasteiger partial charge is 0.412 e. The average Bonchev–Trinajstić information content (AvgIpc) is 2.79. The first kappa shape index (κ1) is 25.9. The van der Waals surface area contributed by atoms with E-state index in [4.69, 9.17) is 9.47 Å². The summed E-state index contributed by atoms with van der Waals surface area (Å²) in [6.07, 6.45) is 2.73. The van der Waals surface area contributed by atoms with Gasteiger partial charge in [-0.25, -0.2) is 4.79 Å². The van der Waals surface area contributed by atoms with Crippen molar-refractivity contribution in [3.8, 4) is 0 Å². The first-order chi connectivity index (χ1) is 16.7. The molecule has 0 atom stereocenters. The van der Waals surface area contributed by atoms with Crippen molar-refractivity contribution in [2.24, 2.45) is 0 Å². The van der Waals surface area contributed by atoms with Gasteiger partial charge in [-0.05, 0) is 57.2 Å². The molecule has 1 aliphatic rings. The Balaban J connectivity index is 1.55. The largest absolute Gasteiger partial charge is 0.444 e. The fraction of sp³-hybridized carbons (Fsp3) is 0.346. The van der Waals surface area contributed by atoms with Crippen LogP contribution in [0.4, 0.5) is 21.9 Å². The third-order valence-electron chi connectivity index (χ3n) is 4.89. The van der Waals surface area contributed by atoms with Gasteiger partial charge in [0.25, 0.3) is 5.91 Å². The zero-order chi connectivity index (χ0) is 25.3. The van der Waals surface area contributed by atoms with Gasteiger partial charge in [-0.1, -0.05) is 18.2 Å². The highest BCUT2D eigenvalue weighted by Gasteiger charge is 2.16. The molecule has 1 fully saturated rings. The summed E-state index contributed by atoms with van der Waals surface area (Å²) >= 11 is 0. The first-order valence-corrected chi connectivity index (χ1v) is 11.5. The normalized spacial score (nSPS) is 14.4. The lowest BCUT2D eigenvalue weighted by atomic mass is 10.1. The molecule has 0 bridgehead atoms. The van der Waals surface area contributed by atoms with Gasteiger partial charge in [0.15, 0.2) is 0 Å². The number of rotatable bonds is 7. The van der Waals surface area contributed by atoms with Crippen LogP contribution in [-0.4, -0.2) is 61.3 Å². The van der Waals surface area contributed by atoms with E-state index in [1.807, 2.05) is 6.08 Å². The number of morpholine rings is 1. The lowest BCUT2D eigenvalue weighted by Crippen LogP contribution is -2.36. The Hall–Kier alpha value is -3.69. The second-order valence-corrected chi connectivity index (χ2v) is 9.05. The second kappa shape index (κ2) is 12.1. The monoisotopic (exact) mass is 480 g/mol. The zero-order valence-corrected chi connectivity index (χ0v) is 20.3. The predicted molar refractivity (Wildman–Crippen MR) is 136 cm³/mol. The van der Waals surface area contributed by atoms with E-state index in [9.17, 15) is 14.4 Å². The summed E-state index contributed by atoms with van der Waals surface area (Å²) in [5, 5.41) is 8.22. The summed E-state index contributed by atoms with van der Waals surface area (Å²) in [7, 11) is 0. The molecular weight excluding hydrogens is 448 g/mol. The van der Waals surface area contributed by atoms with Gasteiger partial charge in [0.2, 0.25) is 5.91 Å². The molecule has 9 nitrogen and oxygen atoms in total. The van der Waals surface area contributed by atoms with E-state index >= 15 is 0 Å². The average molecular weight is 481 g/mol. The highest BCUT2D eigenvalue weighted by atomic mass is 16.6. The maximum atomic E-state index is 12.8. The number of benzene rings is 2. The third kappa shape index (κ3) is 9.23. The molecule has 0 saturated carbocycles.